The van der Waals surface area contributed by atoms with Crippen molar-refractivity contribution in [1.29, 1.82) is 0 Å². The van der Waals surface area contributed by atoms with Gasteiger partial charge in [0, 0.05) is 11.3 Å². The number of fused-ring (bicyclic) bond motifs is 1. The lowest BCUT2D eigenvalue weighted by Crippen LogP contribution is -2.17. The molecule has 0 saturated carbocycles. The third-order valence-corrected chi connectivity index (χ3v) is 2.64. The van der Waals surface area contributed by atoms with Gasteiger partial charge in [-0.25, -0.2) is 9.97 Å². The molecule has 1 aliphatic carbocycles. The van der Waals surface area contributed by atoms with Crippen LogP contribution in [0.5, 0.6) is 0 Å². The van der Waals surface area contributed by atoms with E-state index in [1.807, 2.05) is 6.92 Å². The summed E-state index contributed by atoms with van der Waals surface area (Å²) in [4.78, 5) is 8.69. The molecule has 4 heteroatoms. The summed E-state index contributed by atoms with van der Waals surface area (Å²) >= 11 is 0. The maximum absolute atomic E-state index is 5.87. The Balaban J connectivity index is 2.46. The average Bonchev–Trinajstić information content (AvgIpc) is 2.17. The van der Waals surface area contributed by atoms with Crippen LogP contribution in [0.15, 0.2) is 0 Å². The second-order valence-corrected chi connectivity index (χ2v) is 3.89. The molecule has 1 unspecified atom stereocenters. The number of rotatable bonds is 1. The van der Waals surface area contributed by atoms with Gasteiger partial charge in [-0.1, -0.05) is 0 Å². The van der Waals surface area contributed by atoms with E-state index in [9.17, 15) is 0 Å². The molecule has 4 N–H and O–H groups in total. The monoisotopic (exact) mass is 192 g/mol. The van der Waals surface area contributed by atoms with E-state index in [1.54, 1.807) is 0 Å². The number of nitrogens with zero attached hydrogens (tertiary/aromatic N) is 2. The van der Waals surface area contributed by atoms with E-state index in [0.29, 0.717) is 11.6 Å². The van der Waals surface area contributed by atoms with Gasteiger partial charge in [0.25, 0.3) is 0 Å². The van der Waals surface area contributed by atoms with Crippen LogP contribution in [-0.4, -0.2) is 9.97 Å². The number of nitrogen functional groups attached to an aromatic ring is 1. The molecule has 0 spiro atoms. The van der Waals surface area contributed by atoms with Crippen LogP contribution in [0.2, 0.25) is 0 Å². The van der Waals surface area contributed by atoms with E-state index in [-0.39, 0.29) is 6.04 Å². The Morgan fingerprint density at radius 1 is 1.21 bits per heavy atom. The highest BCUT2D eigenvalue weighted by Crippen LogP contribution is 2.24. The average molecular weight is 192 g/mol. The molecule has 0 saturated heterocycles. The van der Waals surface area contributed by atoms with Crippen molar-refractivity contribution in [2.45, 2.75) is 38.6 Å². The lowest BCUT2D eigenvalue weighted by atomic mass is 9.96. The number of anilines is 1. The smallest absolute Gasteiger partial charge is 0.147 e. The van der Waals surface area contributed by atoms with E-state index in [1.165, 1.54) is 12.8 Å². The summed E-state index contributed by atoms with van der Waals surface area (Å²) in [6.07, 6.45) is 4.42. The molecule has 1 aromatic heterocycles. The quantitative estimate of drug-likeness (QED) is 0.694. The first-order chi connectivity index (χ1) is 6.68. The van der Waals surface area contributed by atoms with Crippen LogP contribution in [-0.2, 0) is 12.8 Å². The fraction of sp³-hybridized carbons (Fsp3) is 0.600. The van der Waals surface area contributed by atoms with Gasteiger partial charge in [0.2, 0.25) is 0 Å². The Labute approximate surface area is 83.7 Å². The SMILES string of the molecule is CC(N)c1nc(N)c2c(n1)CCCC2. The predicted molar refractivity (Wildman–Crippen MR) is 55.7 cm³/mol. The first-order valence-electron chi connectivity index (χ1n) is 5.09. The highest BCUT2D eigenvalue weighted by molar-refractivity contribution is 5.43. The Bertz CT molecular complexity index is 346. The van der Waals surface area contributed by atoms with Crippen LogP contribution in [0.1, 0.15) is 42.9 Å². The van der Waals surface area contributed by atoms with Crippen LogP contribution < -0.4 is 11.5 Å². The van der Waals surface area contributed by atoms with Crippen molar-refractivity contribution in [2.24, 2.45) is 5.73 Å². The van der Waals surface area contributed by atoms with Crippen molar-refractivity contribution in [2.75, 3.05) is 5.73 Å². The maximum Gasteiger partial charge on any atom is 0.147 e. The van der Waals surface area contributed by atoms with Crippen LogP contribution >= 0.6 is 0 Å². The number of aryl methyl sites for hydroxylation is 1. The molecule has 0 bridgehead atoms. The molecule has 0 aliphatic heterocycles. The zero-order valence-corrected chi connectivity index (χ0v) is 8.45. The molecular weight excluding hydrogens is 176 g/mol. The van der Waals surface area contributed by atoms with E-state index in [4.69, 9.17) is 11.5 Å². The van der Waals surface area contributed by atoms with Crippen molar-refractivity contribution < 1.29 is 0 Å². The fourth-order valence-electron chi connectivity index (χ4n) is 1.85. The van der Waals surface area contributed by atoms with Crippen LogP contribution in [0.4, 0.5) is 5.82 Å². The van der Waals surface area contributed by atoms with E-state index < -0.39 is 0 Å². The fourth-order valence-corrected chi connectivity index (χ4v) is 1.85. The molecule has 1 atom stereocenters. The van der Waals surface area contributed by atoms with Gasteiger partial charge in [0.05, 0.1) is 6.04 Å². The summed E-state index contributed by atoms with van der Waals surface area (Å²) in [6, 6.07) is -0.135. The standard InChI is InChI=1S/C10H16N4/c1-6(11)10-13-8-5-3-2-4-7(8)9(12)14-10/h6H,2-5,11H2,1H3,(H2,12,13,14). The number of hydrogen-bond acceptors (Lipinski definition) is 4. The molecule has 1 aromatic rings. The Kier molecular flexibility index (Phi) is 2.37. The largest absolute Gasteiger partial charge is 0.383 e. The third-order valence-electron chi connectivity index (χ3n) is 2.64. The summed E-state index contributed by atoms with van der Waals surface area (Å²) in [5, 5.41) is 0. The second kappa shape index (κ2) is 3.53. The van der Waals surface area contributed by atoms with Crippen molar-refractivity contribution in [3.05, 3.63) is 17.1 Å². The molecule has 76 valence electrons. The minimum atomic E-state index is -0.135. The number of nitrogens with two attached hydrogens (primary N) is 2. The number of hydrogen-bond donors (Lipinski definition) is 2. The third kappa shape index (κ3) is 1.57. The van der Waals surface area contributed by atoms with Gasteiger partial charge in [-0.15, -0.1) is 0 Å². The summed E-state index contributed by atoms with van der Waals surface area (Å²) in [5.74, 6) is 1.30. The van der Waals surface area contributed by atoms with Crippen molar-refractivity contribution in [3.63, 3.8) is 0 Å². The van der Waals surface area contributed by atoms with Gasteiger partial charge in [0.15, 0.2) is 0 Å². The van der Waals surface area contributed by atoms with Crippen LogP contribution in [0.25, 0.3) is 0 Å². The molecule has 1 aliphatic rings. The van der Waals surface area contributed by atoms with Gasteiger partial charge in [-0.05, 0) is 32.6 Å². The summed E-state index contributed by atoms with van der Waals surface area (Å²) in [5.41, 5.74) is 13.9. The lowest BCUT2D eigenvalue weighted by molar-refractivity contribution is 0.642. The molecule has 0 amide bonds. The second-order valence-electron chi connectivity index (χ2n) is 3.89. The maximum atomic E-state index is 5.87. The van der Waals surface area contributed by atoms with Crippen LogP contribution in [0.3, 0.4) is 0 Å². The topological polar surface area (TPSA) is 77.8 Å². The Morgan fingerprint density at radius 2 is 1.93 bits per heavy atom. The van der Waals surface area contributed by atoms with Gasteiger partial charge in [0.1, 0.15) is 11.6 Å². The number of aromatic nitrogens is 2. The predicted octanol–water partition coefficient (Wildman–Crippen LogP) is 0.957. The van der Waals surface area contributed by atoms with Crippen LogP contribution in [0, 0.1) is 0 Å². The zero-order valence-electron chi connectivity index (χ0n) is 8.45. The molecule has 2 rings (SSSR count). The first kappa shape index (κ1) is 9.40. The Hall–Kier alpha value is -1.16. The van der Waals surface area contributed by atoms with Gasteiger partial charge >= 0.3 is 0 Å². The van der Waals surface area contributed by atoms with Crippen molar-refractivity contribution in [1.82, 2.24) is 9.97 Å². The van der Waals surface area contributed by atoms with Gasteiger partial charge in [-0.2, -0.15) is 0 Å². The highest BCUT2D eigenvalue weighted by Gasteiger charge is 2.16. The van der Waals surface area contributed by atoms with E-state index >= 15 is 0 Å². The first-order valence-corrected chi connectivity index (χ1v) is 5.09. The summed E-state index contributed by atoms with van der Waals surface area (Å²) in [7, 11) is 0. The minimum Gasteiger partial charge on any atom is -0.383 e. The van der Waals surface area contributed by atoms with E-state index in [2.05, 4.69) is 9.97 Å². The molecular formula is C10H16N4. The van der Waals surface area contributed by atoms with E-state index in [0.717, 1.165) is 24.1 Å². The van der Waals surface area contributed by atoms with Gasteiger partial charge < -0.3 is 11.5 Å². The van der Waals surface area contributed by atoms with Crippen molar-refractivity contribution in [3.8, 4) is 0 Å². The minimum absolute atomic E-state index is 0.135. The zero-order chi connectivity index (χ0) is 10.1. The highest BCUT2D eigenvalue weighted by atomic mass is 15.0. The van der Waals surface area contributed by atoms with Crippen molar-refractivity contribution >= 4 is 5.82 Å². The molecule has 4 nitrogen and oxygen atoms in total. The molecule has 0 fully saturated rings. The van der Waals surface area contributed by atoms with Gasteiger partial charge in [-0.3, -0.25) is 0 Å². The molecule has 0 radical (unpaired) electrons. The molecule has 0 aromatic carbocycles. The Morgan fingerprint density at radius 3 is 2.64 bits per heavy atom. The summed E-state index contributed by atoms with van der Waals surface area (Å²) in [6.45, 7) is 1.88. The summed E-state index contributed by atoms with van der Waals surface area (Å²) < 4.78 is 0. The lowest BCUT2D eigenvalue weighted by Gasteiger charge is -2.17. The normalized spacial score (nSPS) is 17.6. The molecule has 1 heterocycles. The molecule has 14 heavy (non-hydrogen) atoms.